The van der Waals surface area contributed by atoms with E-state index >= 15 is 0 Å². The number of carbonyl (C=O) groups is 4. The number of imidazole rings is 2. The number of methoxy groups -OCH3 is 1. The molecule has 0 saturated carbocycles. The number of carboxylic acid groups (broad SMARTS) is 1. The van der Waals surface area contributed by atoms with Crippen LogP contribution in [0.25, 0.3) is 22.1 Å². The van der Waals surface area contributed by atoms with Crippen molar-refractivity contribution >= 4 is 58.0 Å². The minimum Gasteiger partial charge on any atom is -0.465 e. The Bertz CT molecular complexity index is 3230. The van der Waals surface area contributed by atoms with E-state index < -0.39 is 42.5 Å². The zero-order chi connectivity index (χ0) is 46.6. The molecule has 0 spiro atoms. The summed E-state index contributed by atoms with van der Waals surface area (Å²) in [7, 11) is 1.25. The first-order chi connectivity index (χ1) is 32.4. The molecule has 4 atom stereocenters. The number of benzene rings is 6. The number of nitrogens with zero attached hydrogens (tertiary/aromatic N) is 5. The second-order valence-electron chi connectivity index (χ2n) is 16.3. The van der Waals surface area contributed by atoms with Gasteiger partial charge in [0.25, 0.3) is 11.8 Å². The molecular formula is C50H42N8O9. The molecule has 2 aliphatic rings. The van der Waals surface area contributed by atoms with Crippen molar-refractivity contribution in [2.75, 3.05) is 23.9 Å². The van der Waals surface area contributed by atoms with Gasteiger partial charge in [-0.2, -0.15) is 0 Å². The van der Waals surface area contributed by atoms with Gasteiger partial charge in [0.05, 0.1) is 28.1 Å². The van der Waals surface area contributed by atoms with Crippen LogP contribution < -0.4 is 10.2 Å². The third-order valence-electron chi connectivity index (χ3n) is 12.5. The molecule has 0 radical (unpaired) electrons. The van der Waals surface area contributed by atoms with Gasteiger partial charge in [-0.05, 0) is 54.4 Å². The fraction of sp³-hybridized carbons (Fsp3) is 0.160. The van der Waals surface area contributed by atoms with Crippen LogP contribution in [0.3, 0.4) is 0 Å². The molecule has 0 aliphatic carbocycles. The highest BCUT2D eigenvalue weighted by atomic mass is 16.6. The predicted molar refractivity (Wildman–Crippen MR) is 245 cm³/mol. The zero-order valence-corrected chi connectivity index (χ0v) is 36.0. The van der Waals surface area contributed by atoms with Crippen LogP contribution in [0.5, 0.6) is 0 Å². The quantitative estimate of drug-likeness (QED) is 0.0662. The van der Waals surface area contributed by atoms with Gasteiger partial charge >= 0.3 is 12.2 Å². The van der Waals surface area contributed by atoms with E-state index in [-0.39, 0.29) is 30.3 Å². The number of amides is 4. The number of rotatable bonds is 12. The van der Waals surface area contributed by atoms with Gasteiger partial charge in [0.1, 0.15) is 6.61 Å². The number of carbonyl (C=O) groups excluding carboxylic acids is 3. The Morgan fingerprint density at radius 2 is 1.30 bits per heavy atom. The molecule has 2 aliphatic heterocycles. The predicted octanol–water partition coefficient (Wildman–Crippen LogP) is 7.40. The van der Waals surface area contributed by atoms with Gasteiger partial charge < -0.3 is 34.8 Å². The first-order valence-corrected chi connectivity index (χ1v) is 21.3. The molecule has 2 aromatic heterocycles. The van der Waals surface area contributed by atoms with Crippen molar-refractivity contribution in [3.8, 4) is 0 Å². The number of aromatic amines is 2. The molecule has 0 fully saturated rings. The number of H-pyrrole nitrogens is 2. The highest BCUT2D eigenvalue weighted by Gasteiger charge is 2.52. The van der Waals surface area contributed by atoms with Crippen LogP contribution in [0, 0.1) is 0 Å². The number of nitrogens with one attached hydrogen (secondary N) is 3. The summed E-state index contributed by atoms with van der Waals surface area (Å²) >= 11 is 0. The van der Waals surface area contributed by atoms with E-state index in [4.69, 9.17) is 9.47 Å². The molecule has 10 rings (SSSR count). The second-order valence-corrected chi connectivity index (χ2v) is 16.3. The number of ether oxygens (including phenoxy) is 2. The Kier molecular flexibility index (Phi) is 10.5. The van der Waals surface area contributed by atoms with E-state index in [1.54, 1.807) is 84.9 Å². The van der Waals surface area contributed by atoms with E-state index in [2.05, 4.69) is 25.3 Å². The number of aliphatic hydroxyl groups is 2. The molecule has 0 saturated heterocycles. The number of hydrogen-bond acceptors (Lipinski definition) is 10. The van der Waals surface area contributed by atoms with Crippen molar-refractivity contribution in [3.63, 3.8) is 0 Å². The fourth-order valence-corrected chi connectivity index (χ4v) is 9.18. The van der Waals surface area contributed by atoms with Gasteiger partial charge in [0, 0.05) is 47.0 Å². The summed E-state index contributed by atoms with van der Waals surface area (Å²) in [4.78, 5) is 72.2. The summed E-state index contributed by atoms with van der Waals surface area (Å²) in [6.07, 6.45) is -3.85. The molecular weight excluding hydrogens is 857 g/mol. The van der Waals surface area contributed by atoms with Crippen molar-refractivity contribution in [2.24, 2.45) is 0 Å². The highest BCUT2D eigenvalue weighted by molar-refractivity contribution is 6.02. The molecule has 67 heavy (non-hydrogen) atoms. The number of aromatic nitrogens is 4. The van der Waals surface area contributed by atoms with Crippen LogP contribution in [0.15, 0.2) is 146 Å². The standard InChI is InChI=1S/C50H42N8O9/c1-29(31-15-7-4-8-16-31)58-44(60)35-18-10-12-20-37(35)50(58,65)33-22-24-39-41(26-33)54-46(53-39)57(48(62)63)42(66-2)28-67-47(61)55-45-51-38-23-21-32(25-40(38)52-45)49(64)36-19-11-9-17-34(36)43(59)56(49)27-30-13-5-3-6-14-30/h3-26,29,42,64-65H,27-28H2,1-2H3,(H,53,54)(H,62,63)(H2,51,52,55,61)/t29-,42?,49?,50?/m0/s1. The van der Waals surface area contributed by atoms with Crippen LogP contribution in [0.2, 0.25) is 0 Å². The van der Waals surface area contributed by atoms with Crippen LogP contribution >= 0.6 is 0 Å². The van der Waals surface area contributed by atoms with Crippen molar-refractivity contribution < 1.29 is 44.0 Å². The maximum atomic E-state index is 14.0. The van der Waals surface area contributed by atoms with Gasteiger partial charge in [-0.15, -0.1) is 0 Å². The average molecular weight is 899 g/mol. The largest absolute Gasteiger partial charge is 0.465 e. The summed E-state index contributed by atoms with van der Waals surface area (Å²) < 4.78 is 10.9. The molecule has 17 nitrogen and oxygen atoms in total. The molecule has 4 amide bonds. The Balaban J connectivity index is 0.869. The highest BCUT2D eigenvalue weighted by Crippen LogP contribution is 2.47. The maximum Gasteiger partial charge on any atom is 0.416 e. The lowest BCUT2D eigenvalue weighted by Gasteiger charge is -2.39. The zero-order valence-electron chi connectivity index (χ0n) is 36.0. The molecule has 4 heterocycles. The van der Waals surface area contributed by atoms with Gasteiger partial charge in [-0.1, -0.05) is 109 Å². The minimum atomic E-state index is -1.90. The maximum absolute atomic E-state index is 14.0. The third-order valence-corrected chi connectivity index (χ3v) is 12.5. The van der Waals surface area contributed by atoms with Gasteiger partial charge in [-0.3, -0.25) is 24.7 Å². The molecule has 6 N–H and O–H groups in total. The van der Waals surface area contributed by atoms with Gasteiger partial charge in [-0.25, -0.2) is 24.5 Å². The Labute approximate surface area is 381 Å². The lowest BCUT2D eigenvalue weighted by Crippen LogP contribution is -2.46. The van der Waals surface area contributed by atoms with Crippen LogP contribution in [-0.2, 0) is 27.5 Å². The van der Waals surface area contributed by atoms with E-state index in [0.29, 0.717) is 55.4 Å². The Morgan fingerprint density at radius 1 is 0.731 bits per heavy atom. The first-order valence-electron chi connectivity index (χ1n) is 21.3. The van der Waals surface area contributed by atoms with Crippen LogP contribution in [0.4, 0.5) is 21.5 Å². The SMILES string of the molecule is COC(COC(=O)Nc1nc2ccc(C3(O)c4ccccc4C(=O)N3Cc3ccccc3)cc2[nH]1)N(C(=O)O)c1nc2ccc(C3(O)c4ccccc4C(=O)N3[C@@H](C)c3ccccc3)cc2[nH]1. The lowest BCUT2D eigenvalue weighted by atomic mass is 9.92. The lowest BCUT2D eigenvalue weighted by molar-refractivity contribution is -0.0677. The normalized spacial score (nSPS) is 18.5. The van der Waals surface area contributed by atoms with Crippen molar-refractivity contribution in [2.45, 2.75) is 37.2 Å². The van der Waals surface area contributed by atoms with E-state index in [1.807, 2.05) is 67.6 Å². The average Bonchev–Trinajstić information content (AvgIpc) is 4.07. The number of hydrogen-bond donors (Lipinski definition) is 6. The summed E-state index contributed by atoms with van der Waals surface area (Å²) in [6.45, 7) is 1.40. The van der Waals surface area contributed by atoms with Crippen LogP contribution in [0.1, 0.15) is 67.1 Å². The monoisotopic (exact) mass is 898 g/mol. The molecule has 6 aromatic carbocycles. The minimum absolute atomic E-state index is 0.00436. The van der Waals surface area contributed by atoms with Crippen molar-refractivity contribution in [1.29, 1.82) is 0 Å². The third kappa shape index (κ3) is 7.08. The molecule has 17 heteroatoms. The molecule has 0 bridgehead atoms. The first kappa shape index (κ1) is 42.6. The molecule has 3 unspecified atom stereocenters. The summed E-state index contributed by atoms with van der Waals surface area (Å²) in [5.41, 5.74) is 1.76. The molecule has 8 aromatic rings. The Hall–Kier alpha value is -8.38. The fourth-order valence-electron chi connectivity index (χ4n) is 9.18. The van der Waals surface area contributed by atoms with E-state index in [1.165, 1.54) is 16.9 Å². The second kappa shape index (κ2) is 16.6. The van der Waals surface area contributed by atoms with Crippen LogP contribution in [-0.4, -0.2) is 89.0 Å². The molecule has 336 valence electrons. The van der Waals surface area contributed by atoms with Crippen molar-refractivity contribution in [1.82, 2.24) is 29.7 Å². The van der Waals surface area contributed by atoms with Gasteiger partial charge in [0.15, 0.2) is 17.7 Å². The van der Waals surface area contributed by atoms with E-state index in [9.17, 15) is 34.5 Å². The topological polar surface area (TPSA) is 227 Å². The summed E-state index contributed by atoms with van der Waals surface area (Å²) in [5, 5.41) is 38.0. The van der Waals surface area contributed by atoms with Gasteiger partial charge in [0.2, 0.25) is 11.9 Å². The van der Waals surface area contributed by atoms with E-state index in [0.717, 1.165) is 16.0 Å². The number of fused-ring (bicyclic) bond motifs is 4. The Morgan fingerprint density at radius 3 is 1.96 bits per heavy atom. The smallest absolute Gasteiger partial charge is 0.416 e. The summed E-state index contributed by atoms with van der Waals surface area (Å²) in [6, 6.07) is 41.8. The van der Waals surface area contributed by atoms with Crippen molar-refractivity contribution in [3.05, 3.63) is 190 Å². The number of anilines is 2. The summed E-state index contributed by atoms with van der Waals surface area (Å²) in [5.74, 6) is -0.848.